The predicted molar refractivity (Wildman–Crippen MR) is 91.4 cm³/mol. The molecule has 0 radical (unpaired) electrons. The molecule has 116 valence electrons. The van der Waals surface area contributed by atoms with E-state index < -0.39 is 0 Å². The van der Waals surface area contributed by atoms with Crippen molar-refractivity contribution in [2.24, 2.45) is 0 Å². The van der Waals surface area contributed by atoms with Crippen molar-refractivity contribution < 1.29 is 9.53 Å². The standard InChI is InChI=1S/C16H18ClN3O2/c1-20(2)13-7-4-11(5-8-13)18-16(21)19-12-6-9-15(22-3)14(17)10-12/h4-10H,1-3H3,(H2,18,19,21). The van der Waals surface area contributed by atoms with Gasteiger partial charge >= 0.3 is 6.03 Å². The SMILES string of the molecule is COc1ccc(NC(=O)Nc2ccc(N(C)C)cc2)cc1Cl. The summed E-state index contributed by atoms with van der Waals surface area (Å²) in [6.45, 7) is 0. The van der Waals surface area contributed by atoms with Crippen LogP contribution in [0.3, 0.4) is 0 Å². The molecule has 0 saturated carbocycles. The lowest BCUT2D eigenvalue weighted by Crippen LogP contribution is -2.19. The summed E-state index contributed by atoms with van der Waals surface area (Å²) in [5, 5.41) is 5.92. The topological polar surface area (TPSA) is 53.6 Å². The van der Waals surface area contributed by atoms with E-state index >= 15 is 0 Å². The summed E-state index contributed by atoms with van der Waals surface area (Å²) >= 11 is 6.02. The lowest BCUT2D eigenvalue weighted by atomic mass is 10.2. The third-order valence-corrected chi connectivity index (χ3v) is 3.35. The molecule has 2 aromatic carbocycles. The number of nitrogens with zero attached hydrogens (tertiary/aromatic N) is 1. The van der Waals surface area contributed by atoms with Crippen molar-refractivity contribution >= 4 is 34.7 Å². The number of anilines is 3. The molecule has 0 heterocycles. The fourth-order valence-corrected chi connectivity index (χ4v) is 2.14. The van der Waals surface area contributed by atoms with E-state index in [4.69, 9.17) is 16.3 Å². The average molecular weight is 320 g/mol. The second-order valence-corrected chi connectivity index (χ2v) is 5.28. The predicted octanol–water partition coefficient (Wildman–Crippen LogP) is 4.06. The molecule has 2 amide bonds. The summed E-state index contributed by atoms with van der Waals surface area (Å²) in [6, 6.07) is 12.3. The number of amides is 2. The van der Waals surface area contributed by atoms with Gasteiger partial charge in [0.25, 0.3) is 0 Å². The van der Waals surface area contributed by atoms with E-state index in [0.29, 0.717) is 22.1 Å². The largest absolute Gasteiger partial charge is 0.495 e. The molecule has 0 unspecified atom stereocenters. The van der Waals surface area contributed by atoms with Gasteiger partial charge in [-0.25, -0.2) is 4.79 Å². The smallest absolute Gasteiger partial charge is 0.323 e. The van der Waals surface area contributed by atoms with Crippen molar-refractivity contribution in [2.75, 3.05) is 36.7 Å². The van der Waals surface area contributed by atoms with Crippen LogP contribution in [-0.2, 0) is 0 Å². The van der Waals surface area contributed by atoms with Crippen LogP contribution in [0.5, 0.6) is 5.75 Å². The molecule has 0 saturated heterocycles. The van der Waals surface area contributed by atoms with E-state index in [2.05, 4.69) is 10.6 Å². The van der Waals surface area contributed by atoms with Gasteiger partial charge in [0.15, 0.2) is 0 Å². The van der Waals surface area contributed by atoms with Crippen molar-refractivity contribution in [1.29, 1.82) is 0 Å². The van der Waals surface area contributed by atoms with Gasteiger partial charge in [-0.2, -0.15) is 0 Å². The van der Waals surface area contributed by atoms with Crippen LogP contribution < -0.4 is 20.3 Å². The second kappa shape index (κ2) is 7.04. The molecule has 0 aliphatic rings. The van der Waals surface area contributed by atoms with E-state index in [1.807, 2.05) is 43.3 Å². The first-order valence-electron chi connectivity index (χ1n) is 6.68. The number of rotatable bonds is 4. The summed E-state index contributed by atoms with van der Waals surface area (Å²) in [5.74, 6) is 0.562. The zero-order valence-corrected chi connectivity index (χ0v) is 13.4. The molecular formula is C16H18ClN3O2. The maximum absolute atomic E-state index is 12.0. The van der Waals surface area contributed by atoms with Gasteiger partial charge in [-0.1, -0.05) is 11.6 Å². The van der Waals surface area contributed by atoms with Crippen LogP contribution in [0.4, 0.5) is 21.9 Å². The van der Waals surface area contributed by atoms with Crippen LogP contribution in [0.2, 0.25) is 5.02 Å². The van der Waals surface area contributed by atoms with Crippen LogP contribution >= 0.6 is 11.6 Å². The Morgan fingerprint density at radius 1 is 1.05 bits per heavy atom. The molecule has 0 aliphatic heterocycles. The van der Waals surface area contributed by atoms with Crippen LogP contribution in [0.1, 0.15) is 0 Å². The molecule has 0 bridgehead atoms. The summed E-state index contributed by atoms with van der Waals surface area (Å²) in [7, 11) is 5.46. The molecule has 2 aromatic rings. The fraction of sp³-hybridized carbons (Fsp3) is 0.188. The Morgan fingerprint density at radius 3 is 2.18 bits per heavy atom. The molecule has 5 nitrogen and oxygen atoms in total. The monoisotopic (exact) mass is 319 g/mol. The number of hydrogen-bond donors (Lipinski definition) is 2. The van der Waals surface area contributed by atoms with E-state index in [1.165, 1.54) is 0 Å². The quantitative estimate of drug-likeness (QED) is 0.893. The highest BCUT2D eigenvalue weighted by molar-refractivity contribution is 6.32. The Labute approximate surface area is 134 Å². The lowest BCUT2D eigenvalue weighted by molar-refractivity contribution is 0.262. The molecule has 0 fully saturated rings. The summed E-state index contributed by atoms with van der Waals surface area (Å²) in [5.41, 5.74) is 2.36. The Kier molecular flexibility index (Phi) is 5.12. The summed E-state index contributed by atoms with van der Waals surface area (Å²) < 4.78 is 5.07. The minimum absolute atomic E-state index is 0.334. The minimum atomic E-state index is -0.334. The Hall–Kier alpha value is -2.40. The van der Waals surface area contributed by atoms with Crippen LogP contribution in [0, 0.1) is 0 Å². The molecule has 0 aromatic heterocycles. The number of hydrogen-bond acceptors (Lipinski definition) is 3. The van der Waals surface area contributed by atoms with E-state index in [-0.39, 0.29) is 6.03 Å². The highest BCUT2D eigenvalue weighted by atomic mass is 35.5. The third kappa shape index (κ3) is 4.05. The van der Waals surface area contributed by atoms with Gasteiger partial charge in [0.2, 0.25) is 0 Å². The maximum Gasteiger partial charge on any atom is 0.323 e. The Morgan fingerprint density at radius 2 is 1.64 bits per heavy atom. The van der Waals surface area contributed by atoms with Gasteiger partial charge in [-0.05, 0) is 42.5 Å². The van der Waals surface area contributed by atoms with Gasteiger partial charge in [0, 0.05) is 31.2 Å². The molecule has 6 heteroatoms. The van der Waals surface area contributed by atoms with Crippen LogP contribution in [-0.4, -0.2) is 27.2 Å². The second-order valence-electron chi connectivity index (χ2n) is 4.87. The average Bonchev–Trinajstić information content (AvgIpc) is 2.48. The minimum Gasteiger partial charge on any atom is -0.495 e. The van der Waals surface area contributed by atoms with Crippen molar-refractivity contribution in [3.05, 3.63) is 47.5 Å². The molecule has 2 N–H and O–H groups in total. The van der Waals surface area contributed by atoms with Crippen molar-refractivity contribution in [1.82, 2.24) is 0 Å². The van der Waals surface area contributed by atoms with Gasteiger partial charge in [0.1, 0.15) is 5.75 Å². The van der Waals surface area contributed by atoms with E-state index in [0.717, 1.165) is 5.69 Å². The van der Waals surface area contributed by atoms with Crippen molar-refractivity contribution in [3.63, 3.8) is 0 Å². The zero-order chi connectivity index (χ0) is 16.1. The lowest BCUT2D eigenvalue weighted by Gasteiger charge is -2.13. The van der Waals surface area contributed by atoms with Crippen molar-refractivity contribution in [2.45, 2.75) is 0 Å². The van der Waals surface area contributed by atoms with Gasteiger partial charge < -0.3 is 20.3 Å². The van der Waals surface area contributed by atoms with Gasteiger partial charge in [0.05, 0.1) is 12.1 Å². The molecular weight excluding hydrogens is 302 g/mol. The number of methoxy groups -OCH3 is 1. The number of carbonyl (C=O) groups excluding carboxylic acids is 1. The number of ether oxygens (including phenoxy) is 1. The highest BCUT2D eigenvalue weighted by Crippen LogP contribution is 2.27. The number of benzene rings is 2. The molecule has 22 heavy (non-hydrogen) atoms. The number of nitrogens with one attached hydrogen (secondary N) is 2. The number of halogens is 1. The molecule has 2 rings (SSSR count). The Bertz CT molecular complexity index is 657. The Balaban J connectivity index is 1.99. The van der Waals surface area contributed by atoms with E-state index in [1.54, 1.807) is 25.3 Å². The van der Waals surface area contributed by atoms with Gasteiger partial charge in [-0.3, -0.25) is 0 Å². The summed E-state index contributed by atoms with van der Waals surface area (Å²) in [4.78, 5) is 13.9. The number of urea groups is 1. The fourth-order valence-electron chi connectivity index (χ4n) is 1.88. The number of carbonyl (C=O) groups is 1. The van der Waals surface area contributed by atoms with E-state index in [9.17, 15) is 4.79 Å². The zero-order valence-electron chi connectivity index (χ0n) is 12.7. The maximum atomic E-state index is 12.0. The van der Waals surface area contributed by atoms with Crippen LogP contribution in [0.15, 0.2) is 42.5 Å². The molecule has 0 aliphatic carbocycles. The summed E-state index contributed by atoms with van der Waals surface area (Å²) in [6.07, 6.45) is 0. The van der Waals surface area contributed by atoms with Crippen LogP contribution in [0.25, 0.3) is 0 Å². The van der Waals surface area contributed by atoms with Gasteiger partial charge in [-0.15, -0.1) is 0 Å². The highest BCUT2D eigenvalue weighted by Gasteiger charge is 2.06. The van der Waals surface area contributed by atoms with Crippen molar-refractivity contribution in [3.8, 4) is 5.75 Å². The third-order valence-electron chi connectivity index (χ3n) is 3.05. The molecule has 0 atom stereocenters. The molecule has 0 spiro atoms. The first kappa shape index (κ1) is 16.0. The first-order valence-corrected chi connectivity index (χ1v) is 7.06. The first-order chi connectivity index (χ1) is 10.5. The normalized spacial score (nSPS) is 10.0.